The molecule has 7 nitrogen and oxygen atoms in total. The molecule has 130 valence electrons. The average molecular weight is 342 g/mol. The van der Waals surface area contributed by atoms with Gasteiger partial charge >= 0.3 is 0 Å². The third-order valence-corrected chi connectivity index (χ3v) is 3.35. The van der Waals surface area contributed by atoms with E-state index in [0.717, 1.165) is 17.5 Å². The third kappa shape index (κ3) is 5.35. The summed E-state index contributed by atoms with van der Waals surface area (Å²) in [4.78, 5) is 21.8. The first-order valence-electron chi connectivity index (χ1n) is 7.47. The number of aryl methyl sites for hydroxylation is 1. The number of rotatable bonds is 7. The lowest BCUT2D eigenvalue weighted by Crippen LogP contribution is -2.20. The van der Waals surface area contributed by atoms with E-state index in [1.807, 2.05) is 31.2 Å². The van der Waals surface area contributed by atoms with Gasteiger partial charge in [-0.3, -0.25) is 14.9 Å². The molecule has 25 heavy (non-hydrogen) atoms. The molecule has 0 heterocycles. The third-order valence-electron chi connectivity index (χ3n) is 3.35. The number of ether oxygens (including phenoxy) is 2. The fourth-order valence-corrected chi connectivity index (χ4v) is 2.10. The van der Waals surface area contributed by atoms with Crippen LogP contribution in [0, 0.1) is 17.0 Å². The molecule has 7 heteroatoms. The number of carbonyl (C=O) groups excluding carboxylic acids is 1. The molecule has 0 saturated heterocycles. The summed E-state index contributed by atoms with van der Waals surface area (Å²) in [5, 5.41) is 13.1. The standard InChI is InChI=1S/C18H18N2O5/c1-13-5-3-4-6-15(13)19-18(21)12-25-16-8-7-14(9-10-20(22)23)11-17(16)24-2/h3-11H,12H2,1-2H3,(H,19,21)/b10-9-. The second kappa shape index (κ2) is 8.49. The topological polar surface area (TPSA) is 90.7 Å². The van der Waals surface area contributed by atoms with Crippen molar-refractivity contribution in [1.29, 1.82) is 0 Å². The Morgan fingerprint density at radius 3 is 2.68 bits per heavy atom. The molecule has 0 saturated carbocycles. The molecule has 0 aromatic heterocycles. The van der Waals surface area contributed by atoms with Gasteiger partial charge in [-0.05, 0) is 36.2 Å². The highest BCUT2D eigenvalue weighted by molar-refractivity contribution is 5.92. The SMILES string of the molecule is COc1cc(/C=C\[N+](=O)[O-])ccc1OCC(=O)Nc1ccccc1C. The van der Waals surface area contributed by atoms with Crippen molar-refractivity contribution in [3.05, 3.63) is 69.9 Å². The number of para-hydroxylation sites is 1. The van der Waals surface area contributed by atoms with Gasteiger partial charge in [0.2, 0.25) is 6.20 Å². The van der Waals surface area contributed by atoms with E-state index < -0.39 is 4.92 Å². The van der Waals surface area contributed by atoms with Crippen molar-refractivity contribution < 1.29 is 19.2 Å². The number of benzene rings is 2. The molecule has 0 aliphatic heterocycles. The molecule has 1 amide bonds. The minimum absolute atomic E-state index is 0.186. The summed E-state index contributed by atoms with van der Waals surface area (Å²) in [6, 6.07) is 12.3. The molecule has 0 radical (unpaired) electrons. The van der Waals surface area contributed by atoms with Crippen molar-refractivity contribution in [3.8, 4) is 11.5 Å². The molecule has 0 aliphatic carbocycles. The van der Waals surface area contributed by atoms with E-state index in [0.29, 0.717) is 17.1 Å². The van der Waals surface area contributed by atoms with Gasteiger partial charge in [0, 0.05) is 11.8 Å². The number of amides is 1. The monoisotopic (exact) mass is 342 g/mol. The second-order valence-corrected chi connectivity index (χ2v) is 5.16. The van der Waals surface area contributed by atoms with Crippen LogP contribution in [0.25, 0.3) is 6.08 Å². The van der Waals surface area contributed by atoms with Crippen LogP contribution in [0.15, 0.2) is 48.7 Å². The predicted octanol–water partition coefficient (Wildman–Crippen LogP) is 3.27. The molecule has 0 fully saturated rings. The first kappa shape index (κ1) is 18.0. The molecular formula is C18H18N2O5. The zero-order chi connectivity index (χ0) is 18.2. The number of nitrogens with zero attached hydrogens (tertiary/aromatic N) is 1. The molecule has 0 aliphatic rings. The molecule has 0 spiro atoms. The van der Waals surface area contributed by atoms with Gasteiger partial charge < -0.3 is 14.8 Å². The van der Waals surface area contributed by atoms with Crippen LogP contribution in [0.3, 0.4) is 0 Å². The number of hydrogen-bond donors (Lipinski definition) is 1. The zero-order valence-electron chi connectivity index (χ0n) is 13.9. The van der Waals surface area contributed by atoms with Gasteiger partial charge in [-0.15, -0.1) is 0 Å². The maximum atomic E-state index is 12.0. The lowest BCUT2D eigenvalue weighted by atomic mass is 10.2. The summed E-state index contributed by atoms with van der Waals surface area (Å²) in [6.45, 7) is 1.71. The van der Waals surface area contributed by atoms with Gasteiger partial charge in [0.05, 0.1) is 12.0 Å². The van der Waals surface area contributed by atoms with Crippen molar-refractivity contribution in [2.45, 2.75) is 6.92 Å². The normalized spacial score (nSPS) is 10.5. The van der Waals surface area contributed by atoms with Crippen LogP contribution in [0.1, 0.15) is 11.1 Å². The van der Waals surface area contributed by atoms with Gasteiger partial charge in [0.25, 0.3) is 5.91 Å². The van der Waals surface area contributed by atoms with Gasteiger partial charge in [0.15, 0.2) is 18.1 Å². The highest BCUT2D eigenvalue weighted by atomic mass is 16.6. The molecule has 0 unspecified atom stereocenters. The number of anilines is 1. The van der Waals surface area contributed by atoms with Gasteiger partial charge in [-0.25, -0.2) is 0 Å². The van der Waals surface area contributed by atoms with E-state index in [1.165, 1.54) is 13.2 Å². The lowest BCUT2D eigenvalue weighted by Gasteiger charge is -2.12. The molecule has 0 bridgehead atoms. The maximum Gasteiger partial charge on any atom is 0.262 e. The Morgan fingerprint density at radius 1 is 1.24 bits per heavy atom. The largest absolute Gasteiger partial charge is 0.493 e. The lowest BCUT2D eigenvalue weighted by molar-refractivity contribution is -0.400. The summed E-state index contributed by atoms with van der Waals surface area (Å²) in [6.07, 6.45) is 2.18. The van der Waals surface area contributed by atoms with E-state index in [9.17, 15) is 14.9 Å². The summed E-state index contributed by atoms with van der Waals surface area (Å²) >= 11 is 0. The number of methoxy groups -OCH3 is 1. The Balaban J connectivity index is 2.01. The molecular weight excluding hydrogens is 324 g/mol. The van der Waals surface area contributed by atoms with Crippen LogP contribution < -0.4 is 14.8 Å². The predicted molar refractivity (Wildman–Crippen MR) is 94.3 cm³/mol. The Kier molecular flexibility index (Phi) is 6.11. The highest BCUT2D eigenvalue weighted by Gasteiger charge is 2.09. The van der Waals surface area contributed by atoms with E-state index in [2.05, 4.69) is 5.32 Å². The summed E-state index contributed by atoms with van der Waals surface area (Å²) in [5.74, 6) is 0.462. The van der Waals surface area contributed by atoms with Gasteiger partial charge in [-0.1, -0.05) is 24.3 Å². The molecule has 0 atom stereocenters. The van der Waals surface area contributed by atoms with E-state index >= 15 is 0 Å². The Hall–Kier alpha value is -3.35. The van der Waals surface area contributed by atoms with Crippen LogP contribution in [-0.2, 0) is 4.79 Å². The average Bonchev–Trinajstić information content (AvgIpc) is 2.60. The van der Waals surface area contributed by atoms with E-state index in [-0.39, 0.29) is 12.5 Å². The van der Waals surface area contributed by atoms with Crippen molar-refractivity contribution in [3.63, 3.8) is 0 Å². The Labute approximate surface area is 145 Å². The second-order valence-electron chi connectivity index (χ2n) is 5.16. The molecule has 2 aromatic carbocycles. The van der Waals surface area contributed by atoms with E-state index in [1.54, 1.807) is 18.2 Å². The summed E-state index contributed by atoms with van der Waals surface area (Å²) < 4.78 is 10.7. The van der Waals surface area contributed by atoms with Crippen LogP contribution in [-0.4, -0.2) is 24.5 Å². The fourth-order valence-electron chi connectivity index (χ4n) is 2.10. The van der Waals surface area contributed by atoms with Gasteiger partial charge in [0.1, 0.15) is 0 Å². The first-order chi connectivity index (χ1) is 12.0. The van der Waals surface area contributed by atoms with Crippen molar-refractivity contribution in [1.82, 2.24) is 0 Å². The van der Waals surface area contributed by atoms with Crippen LogP contribution >= 0.6 is 0 Å². The van der Waals surface area contributed by atoms with E-state index in [4.69, 9.17) is 9.47 Å². The summed E-state index contributed by atoms with van der Waals surface area (Å²) in [5.41, 5.74) is 2.27. The number of carbonyl (C=O) groups is 1. The number of nitro groups is 1. The van der Waals surface area contributed by atoms with Crippen LogP contribution in [0.4, 0.5) is 5.69 Å². The van der Waals surface area contributed by atoms with Crippen molar-refractivity contribution in [2.24, 2.45) is 0 Å². The number of hydrogen-bond acceptors (Lipinski definition) is 5. The molecule has 1 N–H and O–H groups in total. The van der Waals surface area contributed by atoms with Crippen LogP contribution in [0.5, 0.6) is 11.5 Å². The Bertz CT molecular complexity index is 802. The van der Waals surface area contributed by atoms with Gasteiger partial charge in [-0.2, -0.15) is 0 Å². The zero-order valence-corrected chi connectivity index (χ0v) is 13.9. The maximum absolute atomic E-state index is 12.0. The van der Waals surface area contributed by atoms with Crippen molar-refractivity contribution >= 4 is 17.7 Å². The van der Waals surface area contributed by atoms with Crippen molar-refractivity contribution in [2.75, 3.05) is 19.0 Å². The number of nitrogens with one attached hydrogen (secondary N) is 1. The minimum Gasteiger partial charge on any atom is -0.493 e. The fraction of sp³-hybridized carbons (Fsp3) is 0.167. The highest BCUT2D eigenvalue weighted by Crippen LogP contribution is 2.28. The Morgan fingerprint density at radius 2 is 2.00 bits per heavy atom. The quantitative estimate of drug-likeness (QED) is 0.616. The first-order valence-corrected chi connectivity index (χ1v) is 7.47. The smallest absolute Gasteiger partial charge is 0.262 e. The van der Waals surface area contributed by atoms with Crippen LogP contribution in [0.2, 0.25) is 0 Å². The summed E-state index contributed by atoms with van der Waals surface area (Å²) in [7, 11) is 1.45. The minimum atomic E-state index is -0.549. The molecule has 2 rings (SSSR count). The molecule has 2 aromatic rings.